The first kappa shape index (κ1) is 12.3. The van der Waals surface area contributed by atoms with Crippen LogP contribution in [0.1, 0.15) is 24.8 Å². The monoisotopic (exact) mass is 223 g/mol. The molecule has 1 rings (SSSR count). The molecule has 0 aromatic heterocycles. The van der Waals surface area contributed by atoms with Gasteiger partial charge in [-0.25, -0.2) is 0 Å². The van der Waals surface area contributed by atoms with Gasteiger partial charge >= 0.3 is 0 Å². The van der Waals surface area contributed by atoms with E-state index in [9.17, 15) is 0 Å². The van der Waals surface area contributed by atoms with Crippen molar-refractivity contribution in [3.05, 3.63) is 48.0 Å². The van der Waals surface area contributed by atoms with E-state index in [1.807, 2.05) is 24.3 Å². The van der Waals surface area contributed by atoms with Gasteiger partial charge in [-0.1, -0.05) is 35.9 Å². The number of allylic oxidation sites excluding steroid dienone is 1. The summed E-state index contributed by atoms with van der Waals surface area (Å²) < 4.78 is 4.73. The first-order chi connectivity index (χ1) is 7.33. The summed E-state index contributed by atoms with van der Waals surface area (Å²) in [5.41, 5.74) is 1.19. The summed E-state index contributed by atoms with van der Waals surface area (Å²) in [6.45, 7) is 0.745. The van der Waals surface area contributed by atoms with Gasteiger partial charge in [0.2, 0.25) is 0 Å². The maximum absolute atomic E-state index is 5.79. The molecule has 0 spiro atoms. The van der Waals surface area contributed by atoms with Crippen molar-refractivity contribution >= 4 is 17.7 Å². The normalized spacial score (nSPS) is 11.1. The summed E-state index contributed by atoms with van der Waals surface area (Å²) in [6.07, 6.45) is 7.56. The molecule has 0 aliphatic heterocycles. The first-order valence-corrected chi connectivity index (χ1v) is 5.50. The van der Waals surface area contributed by atoms with Crippen LogP contribution < -0.4 is 0 Å². The standard InChI is InChI=1S/C13H16ClO/c1-15-11-5-3-2-4-6-12-7-9-13(14)10-8-12/h4,6-10H,1-3,5,11H2/b6-4+. The summed E-state index contributed by atoms with van der Waals surface area (Å²) in [5, 5.41) is 0.778. The number of unbranched alkanes of at least 4 members (excludes halogenated alkanes) is 2. The molecular weight excluding hydrogens is 208 g/mol. The fraction of sp³-hybridized carbons (Fsp3) is 0.308. The summed E-state index contributed by atoms with van der Waals surface area (Å²) in [6, 6.07) is 7.82. The van der Waals surface area contributed by atoms with Crippen molar-refractivity contribution in [2.45, 2.75) is 19.3 Å². The predicted molar refractivity (Wildman–Crippen MR) is 65.6 cm³/mol. The van der Waals surface area contributed by atoms with Gasteiger partial charge in [0.25, 0.3) is 0 Å². The number of ether oxygens (including phenoxy) is 1. The lowest BCUT2D eigenvalue weighted by atomic mass is 10.1. The minimum absolute atomic E-state index is 0.745. The smallest absolute Gasteiger partial charge is 0.0700 e. The Morgan fingerprint density at radius 3 is 2.60 bits per heavy atom. The summed E-state index contributed by atoms with van der Waals surface area (Å²) in [4.78, 5) is 0. The highest BCUT2D eigenvalue weighted by atomic mass is 35.5. The zero-order chi connectivity index (χ0) is 10.9. The van der Waals surface area contributed by atoms with Gasteiger partial charge in [0, 0.05) is 11.6 Å². The molecule has 1 aromatic rings. The number of hydrogen-bond donors (Lipinski definition) is 0. The van der Waals surface area contributed by atoms with E-state index in [0.29, 0.717) is 0 Å². The minimum atomic E-state index is 0.745. The Balaban J connectivity index is 2.23. The molecule has 0 fully saturated rings. The van der Waals surface area contributed by atoms with Gasteiger partial charge in [0.05, 0.1) is 7.11 Å². The van der Waals surface area contributed by atoms with E-state index < -0.39 is 0 Å². The number of rotatable bonds is 6. The van der Waals surface area contributed by atoms with E-state index in [1.165, 1.54) is 5.56 Å². The number of benzene rings is 1. The Bertz CT molecular complexity index is 290. The summed E-state index contributed by atoms with van der Waals surface area (Å²) >= 11 is 5.79. The van der Waals surface area contributed by atoms with Crippen molar-refractivity contribution in [3.63, 3.8) is 0 Å². The van der Waals surface area contributed by atoms with Crippen LogP contribution in [0, 0.1) is 7.11 Å². The molecule has 0 aliphatic carbocycles. The van der Waals surface area contributed by atoms with Crippen molar-refractivity contribution in [1.29, 1.82) is 0 Å². The Morgan fingerprint density at radius 1 is 1.20 bits per heavy atom. The third kappa shape index (κ3) is 5.60. The maximum Gasteiger partial charge on any atom is 0.0700 e. The van der Waals surface area contributed by atoms with E-state index in [4.69, 9.17) is 16.3 Å². The molecule has 0 saturated heterocycles. The molecule has 0 saturated carbocycles. The van der Waals surface area contributed by atoms with Crippen molar-refractivity contribution < 1.29 is 4.74 Å². The molecule has 0 atom stereocenters. The Morgan fingerprint density at radius 2 is 1.93 bits per heavy atom. The molecule has 81 valence electrons. The molecule has 1 aromatic carbocycles. The van der Waals surface area contributed by atoms with Gasteiger partial charge in [0.15, 0.2) is 0 Å². The minimum Gasteiger partial charge on any atom is -0.379 e. The third-order valence-electron chi connectivity index (χ3n) is 2.09. The molecule has 1 radical (unpaired) electrons. The predicted octanol–water partition coefficient (Wildman–Crippen LogP) is 4.33. The number of halogens is 1. The van der Waals surface area contributed by atoms with Crippen LogP contribution in [0.3, 0.4) is 0 Å². The maximum atomic E-state index is 5.79. The quantitative estimate of drug-likeness (QED) is 0.653. The molecule has 0 amide bonds. The van der Waals surface area contributed by atoms with Gasteiger partial charge in [-0.15, -0.1) is 0 Å². The second-order valence-corrected chi connectivity index (χ2v) is 3.79. The lowest BCUT2D eigenvalue weighted by molar-refractivity contribution is 0.235. The van der Waals surface area contributed by atoms with Crippen LogP contribution in [-0.2, 0) is 4.74 Å². The second-order valence-electron chi connectivity index (χ2n) is 3.36. The van der Waals surface area contributed by atoms with E-state index >= 15 is 0 Å². The van der Waals surface area contributed by atoms with Gasteiger partial charge < -0.3 is 4.74 Å². The zero-order valence-electron chi connectivity index (χ0n) is 8.79. The Hall–Kier alpha value is -0.790. The van der Waals surface area contributed by atoms with Crippen molar-refractivity contribution in [2.24, 2.45) is 0 Å². The summed E-state index contributed by atoms with van der Waals surface area (Å²) in [7, 11) is 3.33. The zero-order valence-corrected chi connectivity index (χ0v) is 9.54. The lowest BCUT2D eigenvalue weighted by Gasteiger charge is -1.96. The molecule has 0 unspecified atom stereocenters. The van der Waals surface area contributed by atoms with E-state index in [0.717, 1.165) is 30.9 Å². The van der Waals surface area contributed by atoms with Crippen LogP contribution in [0.25, 0.3) is 6.08 Å². The third-order valence-corrected chi connectivity index (χ3v) is 2.34. The summed E-state index contributed by atoms with van der Waals surface area (Å²) in [5.74, 6) is 0. The highest BCUT2D eigenvalue weighted by Gasteiger charge is 1.88. The van der Waals surface area contributed by atoms with Crippen LogP contribution in [0.15, 0.2) is 30.3 Å². The van der Waals surface area contributed by atoms with Crippen LogP contribution in [-0.4, -0.2) is 6.61 Å². The Labute approximate surface area is 96.7 Å². The molecule has 1 nitrogen and oxygen atoms in total. The van der Waals surface area contributed by atoms with E-state index in [-0.39, 0.29) is 0 Å². The molecule has 15 heavy (non-hydrogen) atoms. The molecule has 0 aliphatic rings. The van der Waals surface area contributed by atoms with Gasteiger partial charge in [-0.3, -0.25) is 0 Å². The second kappa shape index (κ2) is 7.49. The van der Waals surface area contributed by atoms with Crippen molar-refractivity contribution in [1.82, 2.24) is 0 Å². The van der Waals surface area contributed by atoms with Gasteiger partial charge in [-0.2, -0.15) is 0 Å². The van der Waals surface area contributed by atoms with Crippen LogP contribution in [0.4, 0.5) is 0 Å². The molecule has 2 heteroatoms. The SMILES string of the molecule is [CH2]OCCCC/C=C/c1ccc(Cl)cc1. The average molecular weight is 224 g/mol. The lowest BCUT2D eigenvalue weighted by Crippen LogP contribution is -1.84. The largest absolute Gasteiger partial charge is 0.379 e. The fourth-order valence-electron chi connectivity index (χ4n) is 1.26. The van der Waals surface area contributed by atoms with Crippen LogP contribution in [0.5, 0.6) is 0 Å². The van der Waals surface area contributed by atoms with Crippen molar-refractivity contribution in [2.75, 3.05) is 6.61 Å². The average Bonchev–Trinajstić information content (AvgIpc) is 2.26. The number of hydrogen-bond acceptors (Lipinski definition) is 1. The van der Waals surface area contributed by atoms with E-state index in [2.05, 4.69) is 19.3 Å². The van der Waals surface area contributed by atoms with Crippen molar-refractivity contribution in [3.8, 4) is 0 Å². The highest BCUT2D eigenvalue weighted by Crippen LogP contribution is 2.11. The van der Waals surface area contributed by atoms with Gasteiger partial charge in [-0.05, 0) is 37.0 Å². The highest BCUT2D eigenvalue weighted by molar-refractivity contribution is 6.30. The topological polar surface area (TPSA) is 9.23 Å². The first-order valence-electron chi connectivity index (χ1n) is 5.12. The van der Waals surface area contributed by atoms with Crippen LogP contribution >= 0.6 is 11.6 Å². The Kier molecular flexibility index (Phi) is 6.14. The molecular formula is C13H16ClO. The molecule has 0 bridgehead atoms. The molecule has 0 N–H and O–H groups in total. The van der Waals surface area contributed by atoms with E-state index in [1.54, 1.807) is 0 Å². The van der Waals surface area contributed by atoms with Gasteiger partial charge in [0.1, 0.15) is 0 Å². The van der Waals surface area contributed by atoms with Crippen LogP contribution in [0.2, 0.25) is 5.02 Å². The fourth-order valence-corrected chi connectivity index (χ4v) is 1.39. The molecule has 0 heterocycles.